The van der Waals surface area contributed by atoms with Gasteiger partial charge in [-0.3, -0.25) is 14.5 Å². The summed E-state index contributed by atoms with van der Waals surface area (Å²) in [5, 5.41) is 3.03. The van der Waals surface area contributed by atoms with Crippen molar-refractivity contribution in [3.8, 4) is 0 Å². The first kappa shape index (κ1) is 19.1. The molecule has 0 aliphatic carbocycles. The summed E-state index contributed by atoms with van der Waals surface area (Å²) in [5.41, 5.74) is 1.11. The maximum absolute atomic E-state index is 13.1. The molecular weight excluding hydrogens is 383 g/mol. The fourth-order valence-electron chi connectivity index (χ4n) is 4.92. The van der Waals surface area contributed by atoms with E-state index < -0.39 is 5.54 Å². The second kappa shape index (κ2) is 7.40. The SMILES string of the molecule is O=C(c1ccc(F)cc1)N1CC(N2CCC3(CC2)C(=O)NCN3c2ccccc2)C1. The van der Waals surface area contributed by atoms with Gasteiger partial charge in [0.1, 0.15) is 11.4 Å². The summed E-state index contributed by atoms with van der Waals surface area (Å²) < 4.78 is 13.1. The molecule has 7 heteroatoms. The number of hydrogen-bond acceptors (Lipinski definition) is 4. The van der Waals surface area contributed by atoms with Crippen molar-refractivity contribution in [1.82, 2.24) is 15.1 Å². The summed E-state index contributed by atoms with van der Waals surface area (Å²) >= 11 is 0. The molecule has 2 aromatic rings. The molecule has 0 unspecified atom stereocenters. The van der Waals surface area contributed by atoms with E-state index in [-0.39, 0.29) is 17.6 Å². The van der Waals surface area contributed by atoms with Crippen molar-refractivity contribution in [3.63, 3.8) is 0 Å². The van der Waals surface area contributed by atoms with Crippen LogP contribution in [0.1, 0.15) is 23.2 Å². The van der Waals surface area contributed by atoms with E-state index in [1.807, 2.05) is 18.2 Å². The van der Waals surface area contributed by atoms with Crippen LogP contribution in [0.5, 0.6) is 0 Å². The molecular formula is C23H25FN4O2. The van der Waals surface area contributed by atoms with Crippen LogP contribution in [0.2, 0.25) is 0 Å². The summed E-state index contributed by atoms with van der Waals surface area (Å²) in [4.78, 5) is 31.7. The first-order valence-corrected chi connectivity index (χ1v) is 10.5. The Labute approximate surface area is 175 Å². The fraction of sp³-hybridized carbons (Fsp3) is 0.391. The van der Waals surface area contributed by atoms with Crippen molar-refractivity contribution in [2.45, 2.75) is 24.4 Å². The number of piperidine rings is 1. The number of nitrogens with zero attached hydrogens (tertiary/aromatic N) is 3. The van der Waals surface area contributed by atoms with E-state index in [1.165, 1.54) is 24.3 Å². The molecule has 3 aliphatic heterocycles. The van der Waals surface area contributed by atoms with Gasteiger partial charge in [0.2, 0.25) is 5.91 Å². The predicted molar refractivity (Wildman–Crippen MR) is 112 cm³/mol. The van der Waals surface area contributed by atoms with E-state index in [0.717, 1.165) is 31.6 Å². The third kappa shape index (κ3) is 3.13. The zero-order valence-corrected chi connectivity index (χ0v) is 16.8. The lowest BCUT2D eigenvalue weighted by atomic mass is 9.84. The Morgan fingerprint density at radius 3 is 2.33 bits per heavy atom. The first-order chi connectivity index (χ1) is 14.6. The molecule has 1 spiro atoms. The van der Waals surface area contributed by atoms with Crippen LogP contribution in [0.4, 0.5) is 10.1 Å². The van der Waals surface area contributed by atoms with Crippen LogP contribution < -0.4 is 10.2 Å². The van der Waals surface area contributed by atoms with Crippen LogP contribution in [-0.4, -0.2) is 66.0 Å². The van der Waals surface area contributed by atoms with Gasteiger partial charge < -0.3 is 15.1 Å². The van der Waals surface area contributed by atoms with Gasteiger partial charge in [-0.2, -0.15) is 0 Å². The van der Waals surface area contributed by atoms with E-state index in [4.69, 9.17) is 0 Å². The lowest BCUT2D eigenvalue weighted by Gasteiger charge is -2.50. The number of benzene rings is 2. The molecule has 2 amide bonds. The molecule has 1 N–H and O–H groups in total. The van der Waals surface area contributed by atoms with Crippen molar-refractivity contribution in [3.05, 3.63) is 66.0 Å². The summed E-state index contributed by atoms with van der Waals surface area (Å²) in [5.74, 6) is -0.270. The standard InChI is InChI=1S/C23H25FN4O2/c24-18-8-6-17(7-9-18)21(29)27-14-20(15-27)26-12-10-23(11-13-26)22(30)25-16-28(23)19-4-2-1-3-5-19/h1-9,20H,10-16H2,(H,25,30). The average Bonchev–Trinajstić information content (AvgIpc) is 3.05. The Kier molecular flexibility index (Phi) is 4.70. The smallest absolute Gasteiger partial charge is 0.253 e. The van der Waals surface area contributed by atoms with Gasteiger partial charge in [-0.05, 0) is 49.2 Å². The van der Waals surface area contributed by atoms with Crippen molar-refractivity contribution in [1.29, 1.82) is 0 Å². The maximum atomic E-state index is 13.1. The van der Waals surface area contributed by atoms with Gasteiger partial charge in [-0.25, -0.2) is 4.39 Å². The maximum Gasteiger partial charge on any atom is 0.253 e. The third-order valence-corrected chi connectivity index (χ3v) is 6.79. The second-order valence-corrected chi connectivity index (χ2v) is 8.37. The number of nitrogens with one attached hydrogen (secondary N) is 1. The highest BCUT2D eigenvalue weighted by Crippen LogP contribution is 2.37. The quantitative estimate of drug-likeness (QED) is 0.845. The van der Waals surface area contributed by atoms with Crippen LogP contribution >= 0.6 is 0 Å². The number of hydrogen-bond donors (Lipinski definition) is 1. The second-order valence-electron chi connectivity index (χ2n) is 8.37. The number of halogens is 1. The number of anilines is 1. The largest absolute Gasteiger partial charge is 0.339 e. The molecule has 30 heavy (non-hydrogen) atoms. The number of carbonyl (C=O) groups is 2. The first-order valence-electron chi connectivity index (χ1n) is 10.5. The minimum Gasteiger partial charge on any atom is -0.339 e. The van der Waals surface area contributed by atoms with E-state index in [2.05, 4.69) is 27.2 Å². The summed E-state index contributed by atoms with van der Waals surface area (Å²) in [6.07, 6.45) is 1.55. The number of rotatable bonds is 3. The van der Waals surface area contributed by atoms with Gasteiger partial charge in [0.05, 0.1) is 6.67 Å². The minimum absolute atomic E-state index is 0.0508. The molecule has 0 saturated carbocycles. The van der Waals surface area contributed by atoms with Crippen LogP contribution in [0.3, 0.4) is 0 Å². The molecule has 0 radical (unpaired) electrons. The Morgan fingerprint density at radius 1 is 1.00 bits per heavy atom. The highest BCUT2D eigenvalue weighted by molar-refractivity contribution is 5.95. The number of amides is 2. The topological polar surface area (TPSA) is 55.9 Å². The van der Waals surface area contributed by atoms with Gasteiger partial charge in [0, 0.05) is 43.5 Å². The molecule has 3 fully saturated rings. The van der Waals surface area contributed by atoms with E-state index in [9.17, 15) is 14.0 Å². The Hall–Kier alpha value is -2.93. The average molecular weight is 408 g/mol. The van der Waals surface area contributed by atoms with E-state index in [1.54, 1.807) is 4.90 Å². The Balaban J connectivity index is 1.20. The normalized spacial score (nSPS) is 21.6. The minimum atomic E-state index is -0.481. The lowest BCUT2D eigenvalue weighted by molar-refractivity contribution is -0.125. The molecule has 0 aromatic heterocycles. The molecule has 6 nitrogen and oxygen atoms in total. The Morgan fingerprint density at radius 2 is 1.67 bits per heavy atom. The fourth-order valence-corrected chi connectivity index (χ4v) is 4.92. The third-order valence-electron chi connectivity index (χ3n) is 6.79. The van der Waals surface area contributed by atoms with E-state index in [0.29, 0.717) is 31.4 Å². The molecule has 156 valence electrons. The van der Waals surface area contributed by atoms with Crippen LogP contribution in [-0.2, 0) is 4.79 Å². The zero-order valence-electron chi connectivity index (χ0n) is 16.8. The molecule has 2 aromatic carbocycles. The van der Waals surface area contributed by atoms with Crippen LogP contribution in [0.15, 0.2) is 54.6 Å². The number of carbonyl (C=O) groups excluding carboxylic acids is 2. The molecule has 3 heterocycles. The van der Waals surface area contributed by atoms with Gasteiger partial charge in [0.15, 0.2) is 0 Å². The highest BCUT2D eigenvalue weighted by Gasteiger charge is 2.51. The zero-order chi connectivity index (χ0) is 20.7. The highest BCUT2D eigenvalue weighted by atomic mass is 19.1. The van der Waals surface area contributed by atoms with Crippen LogP contribution in [0, 0.1) is 5.82 Å². The monoisotopic (exact) mass is 408 g/mol. The van der Waals surface area contributed by atoms with Crippen molar-refractivity contribution in [2.75, 3.05) is 37.7 Å². The van der Waals surface area contributed by atoms with Gasteiger partial charge in [-0.15, -0.1) is 0 Å². The summed E-state index contributed by atoms with van der Waals surface area (Å²) in [6.45, 7) is 3.57. The summed E-state index contributed by atoms with van der Waals surface area (Å²) in [6, 6.07) is 16.1. The van der Waals surface area contributed by atoms with Crippen LogP contribution in [0.25, 0.3) is 0 Å². The molecule has 0 bridgehead atoms. The Bertz CT molecular complexity index is 935. The van der Waals surface area contributed by atoms with E-state index >= 15 is 0 Å². The lowest BCUT2D eigenvalue weighted by Crippen LogP contribution is -2.65. The molecule has 0 atom stereocenters. The van der Waals surface area contributed by atoms with Crippen molar-refractivity contribution < 1.29 is 14.0 Å². The van der Waals surface area contributed by atoms with Gasteiger partial charge >= 0.3 is 0 Å². The van der Waals surface area contributed by atoms with Crippen molar-refractivity contribution in [2.24, 2.45) is 0 Å². The molecule has 3 aliphatic rings. The van der Waals surface area contributed by atoms with Gasteiger partial charge in [0.25, 0.3) is 5.91 Å². The number of likely N-dealkylation sites (tertiary alicyclic amines) is 2. The molecule has 3 saturated heterocycles. The van der Waals surface area contributed by atoms with Gasteiger partial charge in [-0.1, -0.05) is 18.2 Å². The summed E-state index contributed by atoms with van der Waals surface area (Å²) in [7, 11) is 0. The predicted octanol–water partition coefficient (Wildman–Crippen LogP) is 2.08. The van der Waals surface area contributed by atoms with Crippen molar-refractivity contribution >= 4 is 17.5 Å². The molecule has 5 rings (SSSR count). The number of para-hydroxylation sites is 1.